The van der Waals surface area contributed by atoms with Gasteiger partial charge in [0, 0.05) is 18.1 Å². The zero-order valence-electron chi connectivity index (χ0n) is 11.8. The van der Waals surface area contributed by atoms with Crippen molar-refractivity contribution in [3.63, 3.8) is 0 Å². The highest BCUT2D eigenvalue weighted by Gasteiger charge is 2.50. The second-order valence-electron chi connectivity index (χ2n) is 5.45. The predicted molar refractivity (Wildman–Crippen MR) is 76.0 cm³/mol. The van der Waals surface area contributed by atoms with E-state index in [9.17, 15) is 15.0 Å². The van der Waals surface area contributed by atoms with Gasteiger partial charge in [0.2, 0.25) is 0 Å². The Morgan fingerprint density at radius 1 is 1.48 bits per heavy atom. The average Bonchev–Trinajstić information content (AvgIpc) is 2.88. The van der Waals surface area contributed by atoms with Gasteiger partial charge in [-0.25, -0.2) is 0 Å². The monoisotopic (exact) mass is 314 g/mol. The quantitative estimate of drug-likeness (QED) is 0.733. The maximum Gasteiger partial charge on any atom is 0.276 e. The summed E-state index contributed by atoms with van der Waals surface area (Å²) >= 11 is 5.70. The number of rotatable bonds is 4. The van der Waals surface area contributed by atoms with E-state index < -0.39 is 12.3 Å². The smallest absolute Gasteiger partial charge is 0.276 e. The molecule has 0 aliphatic carbocycles. The molecule has 2 fully saturated rings. The molecule has 116 valence electrons. The van der Waals surface area contributed by atoms with Crippen LogP contribution >= 0.6 is 11.6 Å². The largest absolute Gasteiger partial charge is 0.496 e. The number of amides is 1. The predicted octanol–water partition coefficient (Wildman–Crippen LogP) is 0.357. The van der Waals surface area contributed by atoms with E-state index >= 15 is 0 Å². The van der Waals surface area contributed by atoms with E-state index in [2.05, 4.69) is 0 Å². The number of alkyl halides is 1. The number of aliphatic hydroxyl groups excluding tert-OH is 2. The number of allylic oxidation sites excluding steroid dienone is 1. The van der Waals surface area contributed by atoms with Crippen molar-refractivity contribution in [2.24, 2.45) is 0 Å². The molecule has 3 heterocycles. The van der Waals surface area contributed by atoms with Crippen LogP contribution in [0.2, 0.25) is 0 Å². The lowest BCUT2D eigenvalue weighted by Crippen LogP contribution is -2.60. The minimum atomic E-state index is -0.913. The lowest BCUT2D eigenvalue weighted by Gasteiger charge is -2.46. The van der Waals surface area contributed by atoms with Crippen LogP contribution in [0.15, 0.2) is 23.2 Å². The van der Waals surface area contributed by atoms with Crippen LogP contribution in [-0.2, 0) is 9.53 Å². The van der Waals surface area contributed by atoms with Crippen molar-refractivity contribution in [3.05, 3.63) is 23.2 Å². The summed E-state index contributed by atoms with van der Waals surface area (Å²) < 4.78 is 5.24. The molecule has 0 aromatic carbocycles. The molecule has 0 saturated carbocycles. The van der Waals surface area contributed by atoms with Gasteiger partial charge in [-0.05, 0) is 25.3 Å². The topological polar surface area (TPSA) is 73.2 Å². The zero-order valence-corrected chi connectivity index (χ0v) is 12.6. The molecule has 3 unspecified atom stereocenters. The Bertz CT molecular complexity index is 519. The van der Waals surface area contributed by atoms with E-state index in [0.717, 1.165) is 18.5 Å². The molecule has 0 spiro atoms. The number of carbonyl (C=O) groups is 1. The lowest BCUT2D eigenvalue weighted by atomic mass is 10.0. The number of hydrogen-bond acceptors (Lipinski definition) is 5. The number of methoxy groups -OCH3 is 1. The summed E-state index contributed by atoms with van der Waals surface area (Å²) in [7, 11) is 1.44. The summed E-state index contributed by atoms with van der Waals surface area (Å²) in [6.07, 6.45) is 2.00. The molecule has 2 saturated heterocycles. The van der Waals surface area contributed by atoms with Crippen LogP contribution < -0.4 is 0 Å². The van der Waals surface area contributed by atoms with Gasteiger partial charge in [-0.15, -0.1) is 11.6 Å². The summed E-state index contributed by atoms with van der Waals surface area (Å²) in [4.78, 5) is 16.0. The van der Waals surface area contributed by atoms with Gasteiger partial charge in [0.05, 0.1) is 13.2 Å². The van der Waals surface area contributed by atoms with E-state index in [1.807, 2.05) is 4.90 Å². The Kier molecular flexibility index (Phi) is 3.86. The molecular weight excluding hydrogens is 296 g/mol. The molecule has 0 bridgehead atoms. The second-order valence-corrected chi connectivity index (χ2v) is 5.83. The summed E-state index contributed by atoms with van der Waals surface area (Å²) in [6, 6.07) is -0.183. The first-order valence-electron chi connectivity index (χ1n) is 7.11. The number of carbonyl (C=O) groups excluding carboxylic acids is 1. The van der Waals surface area contributed by atoms with E-state index in [4.69, 9.17) is 16.3 Å². The van der Waals surface area contributed by atoms with Crippen molar-refractivity contribution in [2.45, 2.75) is 37.6 Å². The normalized spacial score (nSPS) is 31.5. The standard InChI is InChI=1S/C14H19ClN2O4/c1-21-12-10(18)7-8-3-4-9-13(19)16(6-2-5-15)14(20)11(12)17(8)9/h7,9-10,13,18-19H,2-6H2,1H3. The van der Waals surface area contributed by atoms with E-state index in [-0.39, 0.29) is 17.7 Å². The fourth-order valence-corrected chi connectivity index (χ4v) is 3.50. The SMILES string of the molecule is COC1=C2C(=O)N(CCCCl)C(O)C3CCC(=CC1O)N23. The fraction of sp³-hybridized carbons (Fsp3) is 0.643. The molecule has 1 amide bonds. The molecule has 2 N–H and O–H groups in total. The molecule has 0 radical (unpaired) electrons. The van der Waals surface area contributed by atoms with Gasteiger partial charge >= 0.3 is 0 Å². The fourth-order valence-electron chi connectivity index (χ4n) is 3.38. The summed E-state index contributed by atoms with van der Waals surface area (Å²) in [5, 5.41) is 20.6. The van der Waals surface area contributed by atoms with Crippen molar-refractivity contribution < 1.29 is 19.7 Å². The van der Waals surface area contributed by atoms with Gasteiger partial charge in [-0.2, -0.15) is 0 Å². The van der Waals surface area contributed by atoms with E-state index in [0.29, 0.717) is 24.5 Å². The van der Waals surface area contributed by atoms with Gasteiger partial charge in [0.15, 0.2) is 5.76 Å². The van der Waals surface area contributed by atoms with Crippen LogP contribution in [0.4, 0.5) is 0 Å². The van der Waals surface area contributed by atoms with E-state index in [1.54, 1.807) is 6.08 Å². The molecule has 6 nitrogen and oxygen atoms in total. The third-order valence-corrected chi connectivity index (χ3v) is 4.58. The van der Waals surface area contributed by atoms with Crippen molar-refractivity contribution in [3.8, 4) is 0 Å². The zero-order chi connectivity index (χ0) is 15.1. The Morgan fingerprint density at radius 3 is 2.90 bits per heavy atom. The van der Waals surface area contributed by atoms with Crippen molar-refractivity contribution in [1.29, 1.82) is 0 Å². The highest BCUT2D eigenvalue weighted by Crippen LogP contribution is 2.42. The number of nitrogens with zero attached hydrogens (tertiary/aromatic N) is 2. The van der Waals surface area contributed by atoms with Crippen LogP contribution in [0.1, 0.15) is 19.3 Å². The number of ether oxygens (including phenoxy) is 1. The first-order valence-corrected chi connectivity index (χ1v) is 7.64. The van der Waals surface area contributed by atoms with Gasteiger partial charge in [-0.3, -0.25) is 4.79 Å². The van der Waals surface area contributed by atoms with Gasteiger partial charge < -0.3 is 24.7 Å². The maximum atomic E-state index is 12.7. The summed E-state index contributed by atoms with van der Waals surface area (Å²) in [5.74, 6) is 0.361. The molecule has 0 aromatic heterocycles. The number of piperazine rings is 1. The molecule has 7 heteroatoms. The van der Waals surface area contributed by atoms with Gasteiger partial charge in [-0.1, -0.05) is 0 Å². The number of hydrogen-bond donors (Lipinski definition) is 2. The van der Waals surface area contributed by atoms with Gasteiger partial charge in [0.1, 0.15) is 18.0 Å². The Morgan fingerprint density at radius 2 is 2.24 bits per heavy atom. The van der Waals surface area contributed by atoms with Crippen molar-refractivity contribution in [1.82, 2.24) is 9.80 Å². The van der Waals surface area contributed by atoms with Crippen LogP contribution in [0.25, 0.3) is 0 Å². The van der Waals surface area contributed by atoms with Crippen molar-refractivity contribution >= 4 is 17.5 Å². The first-order chi connectivity index (χ1) is 10.1. The van der Waals surface area contributed by atoms with Crippen molar-refractivity contribution in [2.75, 3.05) is 19.5 Å². The highest BCUT2D eigenvalue weighted by molar-refractivity contribution is 6.17. The minimum absolute atomic E-state index is 0.183. The third-order valence-electron chi connectivity index (χ3n) is 4.31. The number of halogens is 1. The molecular formula is C14H19ClN2O4. The summed E-state index contributed by atoms with van der Waals surface area (Å²) in [6.45, 7) is 0.392. The van der Waals surface area contributed by atoms with Crippen LogP contribution in [0.3, 0.4) is 0 Å². The Hall–Kier alpha value is -1.24. The third kappa shape index (κ3) is 2.13. The Balaban J connectivity index is 2.02. The first kappa shape index (κ1) is 14.7. The highest BCUT2D eigenvalue weighted by atomic mass is 35.5. The average molecular weight is 315 g/mol. The molecule has 21 heavy (non-hydrogen) atoms. The molecule has 3 rings (SSSR count). The van der Waals surface area contributed by atoms with Crippen LogP contribution in [-0.4, -0.2) is 63.8 Å². The van der Waals surface area contributed by atoms with E-state index in [1.165, 1.54) is 12.0 Å². The summed E-state index contributed by atoms with van der Waals surface area (Å²) in [5.41, 5.74) is 1.23. The second kappa shape index (κ2) is 5.51. The molecule has 3 atom stereocenters. The molecule has 3 aliphatic rings. The molecule has 3 aliphatic heterocycles. The Labute approximate surface area is 128 Å². The van der Waals surface area contributed by atoms with Crippen LogP contribution in [0, 0.1) is 0 Å². The van der Waals surface area contributed by atoms with Crippen LogP contribution in [0.5, 0.6) is 0 Å². The molecule has 0 aromatic rings. The maximum absolute atomic E-state index is 12.7. The lowest BCUT2D eigenvalue weighted by molar-refractivity contribution is -0.151. The van der Waals surface area contributed by atoms with Gasteiger partial charge in [0.25, 0.3) is 5.91 Å². The number of aliphatic hydroxyl groups is 2. The minimum Gasteiger partial charge on any atom is -0.496 e.